The zero-order chi connectivity index (χ0) is 18.5. The molecule has 0 aromatic heterocycles. The van der Waals surface area contributed by atoms with Crippen molar-refractivity contribution in [2.45, 2.75) is 24.6 Å². The lowest BCUT2D eigenvalue weighted by Crippen LogP contribution is -2.36. The molecule has 136 valence electrons. The van der Waals surface area contributed by atoms with E-state index in [1.54, 1.807) is 60.7 Å². The molecule has 26 heavy (non-hydrogen) atoms. The maximum atomic E-state index is 12.0. The number of benzene rings is 2. The van der Waals surface area contributed by atoms with Crippen LogP contribution in [0.5, 0.6) is 0 Å². The van der Waals surface area contributed by atoms with E-state index in [-0.39, 0.29) is 12.2 Å². The Kier molecular flexibility index (Phi) is 5.62. The van der Waals surface area contributed by atoms with Gasteiger partial charge in [0.1, 0.15) is 24.9 Å². The van der Waals surface area contributed by atoms with E-state index >= 15 is 0 Å². The van der Waals surface area contributed by atoms with Crippen molar-refractivity contribution in [2.75, 3.05) is 6.61 Å². The highest BCUT2D eigenvalue weighted by Gasteiger charge is 2.45. The van der Waals surface area contributed by atoms with Gasteiger partial charge in [-0.15, -0.1) is 0 Å². The smallest absolute Gasteiger partial charge is 0.340 e. The van der Waals surface area contributed by atoms with Gasteiger partial charge in [-0.1, -0.05) is 36.4 Å². The van der Waals surface area contributed by atoms with Crippen LogP contribution in [0.4, 0.5) is 0 Å². The molecule has 0 spiro atoms. The summed E-state index contributed by atoms with van der Waals surface area (Å²) in [5.41, 5.74) is 0.643. The molecule has 7 heteroatoms. The normalized spacial score (nSPS) is 24.8. The van der Waals surface area contributed by atoms with E-state index < -0.39 is 36.5 Å². The van der Waals surface area contributed by atoms with Crippen molar-refractivity contribution in [1.29, 1.82) is 0 Å². The predicted octanol–water partition coefficient (Wildman–Crippen LogP) is 1.15. The number of carbonyl (C=O) groups excluding carboxylic acids is 2. The molecule has 4 atom stereocenters. The number of esters is 2. The van der Waals surface area contributed by atoms with E-state index in [0.29, 0.717) is 5.56 Å². The molecule has 2 aromatic carbocycles. The molecule has 1 fully saturated rings. The van der Waals surface area contributed by atoms with Crippen molar-refractivity contribution in [2.24, 2.45) is 0 Å². The van der Waals surface area contributed by atoms with Gasteiger partial charge in [0.15, 0.2) is 0 Å². The molecule has 1 aliphatic heterocycles. The van der Waals surface area contributed by atoms with Gasteiger partial charge in [-0.3, -0.25) is 0 Å². The predicted molar refractivity (Wildman–Crippen MR) is 89.3 cm³/mol. The Balaban J connectivity index is 1.56. The van der Waals surface area contributed by atoms with Crippen molar-refractivity contribution in [3.05, 3.63) is 71.8 Å². The van der Waals surface area contributed by atoms with E-state index in [1.807, 2.05) is 0 Å². The van der Waals surface area contributed by atoms with Crippen molar-refractivity contribution in [1.82, 2.24) is 0 Å². The largest absolute Gasteiger partial charge is 0.459 e. The SMILES string of the molecule is O=C(OCC1OC(OC(=O)c2ccccc2)C(O)C1O)c1ccccc1. The van der Waals surface area contributed by atoms with Gasteiger partial charge in [-0.05, 0) is 24.3 Å². The molecule has 0 amide bonds. The number of aliphatic hydroxyl groups excluding tert-OH is 2. The van der Waals surface area contributed by atoms with Crippen LogP contribution in [0, 0.1) is 0 Å². The van der Waals surface area contributed by atoms with Crippen LogP contribution in [0.2, 0.25) is 0 Å². The summed E-state index contributed by atoms with van der Waals surface area (Å²) in [7, 11) is 0. The molecular formula is C19H18O7. The fourth-order valence-corrected chi connectivity index (χ4v) is 2.51. The van der Waals surface area contributed by atoms with Gasteiger partial charge in [-0.25, -0.2) is 9.59 Å². The van der Waals surface area contributed by atoms with Crippen molar-refractivity contribution in [3.63, 3.8) is 0 Å². The van der Waals surface area contributed by atoms with Crippen LogP contribution in [-0.4, -0.2) is 53.4 Å². The lowest BCUT2D eigenvalue weighted by Gasteiger charge is -2.15. The number of aliphatic hydroxyl groups is 2. The van der Waals surface area contributed by atoms with Crippen LogP contribution in [0.15, 0.2) is 60.7 Å². The third-order valence-electron chi connectivity index (χ3n) is 3.94. The molecule has 4 unspecified atom stereocenters. The summed E-state index contributed by atoms with van der Waals surface area (Å²) in [6, 6.07) is 16.5. The Hall–Kier alpha value is -2.74. The molecule has 0 bridgehead atoms. The van der Waals surface area contributed by atoms with E-state index in [2.05, 4.69) is 0 Å². The highest BCUT2D eigenvalue weighted by molar-refractivity contribution is 5.89. The first-order valence-corrected chi connectivity index (χ1v) is 8.06. The van der Waals surface area contributed by atoms with E-state index in [4.69, 9.17) is 14.2 Å². The van der Waals surface area contributed by atoms with Crippen LogP contribution in [0.3, 0.4) is 0 Å². The van der Waals surface area contributed by atoms with Crippen LogP contribution < -0.4 is 0 Å². The number of hydrogen-bond acceptors (Lipinski definition) is 7. The first-order chi connectivity index (χ1) is 12.6. The van der Waals surface area contributed by atoms with E-state index in [9.17, 15) is 19.8 Å². The number of ether oxygens (including phenoxy) is 3. The maximum Gasteiger partial charge on any atom is 0.340 e. The zero-order valence-corrected chi connectivity index (χ0v) is 13.7. The number of rotatable bonds is 5. The Morgan fingerprint density at radius 2 is 1.38 bits per heavy atom. The van der Waals surface area contributed by atoms with E-state index in [1.165, 1.54) is 0 Å². The minimum atomic E-state index is -1.44. The molecule has 1 heterocycles. The van der Waals surface area contributed by atoms with Gasteiger partial charge in [0.2, 0.25) is 6.29 Å². The highest BCUT2D eigenvalue weighted by Crippen LogP contribution is 2.24. The average molecular weight is 358 g/mol. The molecule has 1 saturated heterocycles. The molecule has 3 rings (SSSR count). The second-order valence-electron chi connectivity index (χ2n) is 5.76. The fourth-order valence-electron chi connectivity index (χ4n) is 2.51. The van der Waals surface area contributed by atoms with Gasteiger partial charge in [0.05, 0.1) is 11.1 Å². The summed E-state index contributed by atoms with van der Waals surface area (Å²) >= 11 is 0. The monoisotopic (exact) mass is 358 g/mol. The Morgan fingerprint density at radius 3 is 1.96 bits per heavy atom. The van der Waals surface area contributed by atoms with Crippen LogP contribution in [-0.2, 0) is 14.2 Å². The van der Waals surface area contributed by atoms with Gasteiger partial charge in [-0.2, -0.15) is 0 Å². The second kappa shape index (κ2) is 8.09. The lowest BCUT2D eigenvalue weighted by atomic mass is 10.1. The van der Waals surface area contributed by atoms with Crippen LogP contribution in [0.1, 0.15) is 20.7 Å². The quantitative estimate of drug-likeness (QED) is 0.773. The van der Waals surface area contributed by atoms with Gasteiger partial charge < -0.3 is 24.4 Å². The number of hydrogen-bond donors (Lipinski definition) is 2. The molecule has 0 aliphatic carbocycles. The summed E-state index contributed by atoms with van der Waals surface area (Å²) in [5, 5.41) is 20.1. The summed E-state index contributed by atoms with van der Waals surface area (Å²) in [5.74, 6) is -1.27. The lowest BCUT2D eigenvalue weighted by molar-refractivity contribution is -0.139. The fraction of sp³-hybridized carbons (Fsp3) is 0.263. The molecule has 0 saturated carbocycles. The molecule has 1 aliphatic rings. The van der Waals surface area contributed by atoms with Gasteiger partial charge in [0.25, 0.3) is 0 Å². The second-order valence-corrected chi connectivity index (χ2v) is 5.76. The third kappa shape index (κ3) is 4.08. The Morgan fingerprint density at radius 1 is 0.846 bits per heavy atom. The maximum absolute atomic E-state index is 12.0. The van der Waals surface area contributed by atoms with Crippen LogP contribution in [0.25, 0.3) is 0 Å². The molecule has 0 radical (unpaired) electrons. The standard InChI is InChI=1S/C19H18O7/c20-15-14(11-24-17(22)12-7-3-1-4-8-12)25-19(16(15)21)26-18(23)13-9-5-2-6-10-13/h1-10,14-16,19-21H,11H2. The first kappa shape index (κ1) is 18.1. The topological polar surface area (TPSA) is 102 Å². The average Bonchev–Trinajstić information content (AvgIpc) is 2.95. The first-order valence-electron chi connectivity index (χ1n) is 8.06. The number of carbonyl (C=O) groups is 2. The minimum Gasteiger partial charge on any atom is -0.459 e. The molecule has 2 N–H and O–H groups in total. The Labute approximate surface area is 149 Å². The van der Waals surface area contributed by atoms with E-state index in [0.717, 1.165) is 0 Å². The van der Waals surface area contributed by atoms with Crippen molar-refractivity contribution in [3.8, 4) is 0 Å². The van der Waals surface area contributed by atoms with Gasteiger partial charge >= 0.3 is 11.9 Å². The van der Waals surface area contributed by atoms with Crippen molar-refractivity contribution >= 4 is 11.9 Å². The molecule has 7 nitrogen and oxygen atoms in total. The van der Waals surface area contributed by atoms with Crippen molar-refractivity contribution < 1.29 is 34.0 Å². The highest BCUT2D eigenvalue weighted by atomic mass is 16.7. The van der Waals surface area contributed by atoms with Gasteiger partial charge in [0, 0.05) is 0 Å². The molecular weight excluding hydrogens is 340 g/mol. The third-order valence-corrected chi connectivity index (χ3v) is 3.94. The van der Waals surface area contributed by atoms with Crippen LogP contribution >= 0.6 is 0 Å². The summed E-state index contributed by atoms with van der Waals surface area (Å²) in [6.45, 7) is -0.286. The molecule has 2 aromatic rings. The summed E-state index contributed by atoms with van der Waals surface area (Å²) < 4.78 is 15.5. The summed E-state index contributed by atoms with van der Waals surface area (Å²) in [4.78, 5) is 24.0. The minimum absolute atomic E-state index is 0.286. The zero-order valence-electron chi connectivity index (χ0n) is 13.7. The Bertz CT molecular complexity index is 747. The summed E-state index contributed by atoms with van der Waals surface area (Å²) in [6.07, 6.45) is -5.15.